The molecule has 1 amide bonds. The minimum absolute atomic E-state index is 0.0215. The number of thioether (sulfide) groups is 1. The molecule has 1 aliphatic heterocycles. The smallest absolute Gasteiger partial charge is 0.242 e. The van der Waals surface area contributed by atoms with Gasteiger partial charge in [0.15, 0.2) is 5.16 Å². The van der Waals surface area contributed by atoms with Gasteiger partial charge in [0.2, 0.25) is 5.91 Å². The van der Waals surface area contributed by atoms with Gasteiger partial charge in [-0.25, -0.2) is 4.98 Å². The number of imidazole rings is 1. The number of benzene rings is 3. The number of aromatic nitrogens is 2. The first-order chi connectivity index (χ1) is 14.2. The Balaban J connectivity index is 1.41. The van der Waals surface area contributed by atoms with Gasteiger partial charge in [0.05, 0.1) is 35.3 Å². The normalized spacial score (nSPS) is 12.5. The van der Waals surface area contributed by atoms with Crippen molar-refractivity contribution < 1.29 is 9.53 Å². The largest absolute Gasteiger partial charge is 0.497 e. The number of methoxy groups -OCH3 is 1. The fraction of sp³-hybridized carbons (Fsp3) is 0.0909. The number of rotatable bonds is 4. The maximum absolute atomic E-state index is 13.2. The predicted octanol–water partition coefficient (Wildman–Crippen LogP) is 5.49. The van der Waals surface area contributed by atoms with Crippen LogP contribution in [0, 0.1) is 0 Å². The number of hydrogen-bond donors (Lipinski definition) is 1. The maximum atomic E-state index is 13.2. The highest BCUT2D eigenvalue weighted by Gasteiger charge is 2.27. The van der Waals surface area contributed by atoms with E-state index in [1.165, 1.54) is 11.8 Å². The Kier molecular flexibility index (Phi) is 4.69. The van der Waals surface area contributed by atoms with Gasteiger partial charge in [-0.1, -0.05) is 47.8 Å². The molecule has 5 rings (SSSR count). The second-order valence-electron chi connectivity index (χ2n) is 6.48. The second-order valence-corrected chi connectivity index (χ2v) is 8.53. The molecule has 0 saturated heterocycles. The van der Waals surface area contributed by atoms with Crippen LogP contribution >= 0.6 is 23.5 Å². The number of nitrogens with zero attached hydrogens (tertiary/aromatic N) is 2. The molecule has 3 aromatic carbocycles. The molecule has 29 heavy (non-hydrogen) atoms. The molecule has 2 heterocycles. The van der Waals surface area contributed by atoms with Gasteiger partial charge in [0, 0.05) is 15.9 Å². The van der Waals surface area contributed by atoms with Crippen LogP contribution in [-0.4, -0.2) is 28.7 Å². The van der Waals surface area contributed by atoms with Gasteiger partial charge >= 0.3 is 0 Å². The molecular formula is C22H17N3O2S2. The van der Waals surface area contributed by atoms with Crippen molar-refractivity contribution in [3.05, 3.63) is 66.7 Å². The van der Waals surface area contributed by atoms with Gasteiger partial charge in [-0.2, -0.15) is 0 Å². The van der Waals surface area contributed by atoms with Crippen molar-refractivity contribution in [2.24, 2.45) is 0 Å². The number of hydrogen-bond acceptors (Lipinski definition) is 5. The second kappa shape index (κ2) is 7.50. The Labute approximate surface area is 176 Å². The first-order valence-electron chi connectivity index (χ1n) is 9.08. The summed E-state index contributed by atoms with van der Waals surface area (Å²) in [5.74, 6) is 1.07. The van der Waals surface area contributed by atoms with Crippen molar-refractivity contribution in [2.75, 3.05) is 17.8 Å². The number of para-hydroxylation sites is 2. The van der Waals surface area contributed by atoms with Crippen molar-refractivity contribution >= 4 is 51.8 Å². The van der Waals surface area contributed by atoms with Crippen molar-refractivity contribution in [1.29, 1.82) is 0 Å². The molecule has 0 spiro atoms. The van der Waals surface area contributed by atoms with Crippen molar-refractivity contribution in [3.63, 3.8) is 0 Å². The van der Waals surface area contributed by atoms with Crippen LogP contribution in [0.5, 0.6) is 5.75 Å². The van der Waals surface area contributed by atoms with E-state index in [2.05, 4.69) is 22.1 Å². The van der Waals surface area contributed by atoms with Crippen LogP contribution in [0.3, 0.4) is 0 Å². The van der Waals surface area contributed by atoms with Crippen LogP contribution in [0.25, 0.3) is 11.0 Å². The lowest BCUT2D eigenvalue weighted by molar-refractivity contribution is -0.115. The third-order valence-electron chi connectivity index (χ3n) is 4.68. The lowest BCUT2D eigenvalue weighted by Gasteiger charge is -2.30. The number of H-pyrrole nitrogens is 1. The Morgan fingerprint density at radius 1 is 1.07 bits per heavy atom. The zero-order valence-electron chi connectivity index (χ0n) is 15.6. The molecule has 1 aliphatic rings. The molecule has 0 bridgehead atoms. The number of nitrogens with one attached hydrogen (secondary N) is 1. The van der Waals surface area contributed by atoms with E-state index < -0.39 is 0 Å². The Bertz CT molecular complexity index is 1180. The summed E-state index contributed by atoms with van der Waals surface area (Å²) in [6.07, 6.45) is 0. The molecular weight excluding hydrogens is 402 g/mol. The first-order valence-corrected chi connectivity index (χ1v) is 10.9. The summed E-state index contributed by atoms with van der Waals surface area (Å²) in [7, 11) is 1.64. The molecule has 0 aliphatic carbocycles. The summed E-state index contributed by atoms with van der Waals surface area (Å²) in [6.45, 7) is 0. The van der Waals surface area contributed by atoms with Gasteiger partial charge in [-0.3, -0.25) is 9.69 Å². The number of anilines is 2. The number of carbonyl (C=O) groups is 1. The van der Waals surface area contributed by atoms with E-state index in [0.717, 1.165) is 43.1 Å². The zero-order valence-corrected chi connectivity index (χ0v) is 17.2. The molecule has 4 aromatic rings. The maximum Gasteiger partial charge on any atom is 0.242 e. The SMILES string of the molecule is COc1ccc2nc(SCC(=O)N3c4ccccc4Sc4ccccc43)[nH]c2c1. The number of carbonyl (C=O) groups excluding carboxylic acids is 1. The minimum Gasteiger partial charge on any atom is -0.497 e. The highest BCUT2D eigenvalue weighted by atomic mass is 32.2. The first kappa shape index (κ1) is 18.1. The summed E-state index contributed by atoms with van der Waals surface area (Å²) < 4.78 is 5.26. The standard InChI is InChI=1S/C22H17N3O2S2/c1-27-14-10-11-15-16(12-14)24-22(23-15)28-13-21(26)25-17-6-2-4-8-19(17)29-20-9-5-3-7-18(20)25/h2-12H,13H2,1H3,(H,23,24). The summed E-state index contributed by atoms with van der Waals surface area (Å²) in [5, 5.41) is 0.717. The van der Waals surface area contributed by atoms with Crippen LogP contribution in [0.15, 0.2) is 81.7 Å². The van der Waals surface area contributed by atoms with E-state index in [-0.39, 0.29) is 11.7 Å². The third kappa shape index (κ3) is 3.36. The summed E-state index contributed by atoms with van der Waals surface area (Å²) >= 11 is 3.10. The number of ether oxygens (including phenoxy) is 1. The minimum atomic E-state index is 0.0215. The third-order valence-corrected chi connectivity index (χ3v) is 6.67. The van der Waals surface area contributed by atoms with E-state index in [9.17, 15) is 4.79 Å². The van der Waals surface area contributed by atoms with Crippen molar-refractivity contribution in [3.8, 4) is 5.75 Å². The number of fused-ring (bicyclic) bond motifs is 3. The van der Waals surface area contributed by atoms with Crippen LogP contribution < -0.4 is 9.64 Å². The van der Waals surface area contributed by atoms with Crippen LogP contribution in [-0.2, 0) is 4.79 Å². The number of aromatic amines is 1. The van der Waals surface area contributed by atoms with E-state index in [4.69, 9.17) is 4.74 Å². The van der Waals surface area contributed by atoms with E-state index in [0.29, 0.717) is 0 Å². The summed E-state index contributed by atoms with van der Waals surface area (Å²) in [4.78, 5) is 25.1. The molecule has 144 valence electrons. The molecule has 0 saturated carbocycles. The van der Waals surface area contributed by atoms with Gasteiger partial charge in [-0.05, 0) is 36.4 Å². The van der Waals surface area contributed by atoms with E-state index in [1.807, 2.05) is 59.5 Å². The molecule has 0 unspecified atom stereocenters. The summed E-state index contributed by atoms with van der Waals surface area (Å²) in [6, 6.07) is 21.7. The Hall–Kier alpha value is -2.90. The molecule has 0 atom stereocenters. The van der Waals surface area contributed by atoms with Crippen LogP contribution in [0.1, 0.15) is 0 Å². The lowest BCUT2D eigenvalue weighted by Crippen LogP contribution is -2.30. The fourth-order valence-electron chi connectivity index (χ4n) is 3.33. The molecule has 1 N–H and O–H groups in total. The summed E-state index contributed by atoms with van der Waals surface area (Å²) in [5.41, 5.74) is 3.60. The highest BCUT2D eigenvalue weighted by molar-refractivity contribution is 8.00. The van der Waals surface area contributed by atoms with Gasteiger partial charge in [0.25, 0.3) is 0 Å². The van der Waals surface area contributed by atoms with Crippen LogP contribution in [0.2, 0.25) is 0 Å². The molecule has 0 radical (unpaired) electrons. The predicted molar refractivity (Wildman–Crippen MR) is 118 cm³/mol. The van der Waals surface area contributed by atoms with E-state index in [1.54, 1.807) is 18.9 Å². The monoisotopic (exact) mass is 419 g/mol. The Morgan fingerprint density at radius 2 is 1.76 bits per heavy atom. The average molecular weight is 420 g/mol. The molecule has 0 fully saturated rings. The van der Waals surface area contributed by atoms with Gasteiger partial charge in [-0.15, -0.1) is 0 Å². The van der Waals surface area contributed by atoms with E-state index >= 15 is 0 Å². The van der Waals surface area contributed by atoms with Gasteiger partial charge < -0.3 is 9.72 Å². The quantitative estimate of drug-likeness (QED) is 0.443. The van der Waals surface area contributed by atoms with Crippen molar-refractivity contribution in [2.45, 2.75) is 14.9 Å². The van der Waals surface area contributed by atoms with Crippen molar-refractivity contribution in [1.82, 2.24) is 9.97 Å². The number of amides is 1. The topological polar surface area (TPSA) is 58.2 Å². The van der Waals surface area contributed by atoms with Gasteiger partial charge in [0.1, 0.15) is 5.75 Å². The zero-order chi connectivity index (χ0) is 19.8. The Morgan fingerprint density at radius 3 is 2.45 bits per heavy atom. The average Bonchev–Trinajstić information content (AvgIpc) is 3.17. The lowest BCUT2D eigenvalue weighted by atomic mass is 10.2. The molecule has 5 nitrogen and oxygen atoms in total. The fourth-order valence-corrected chi connectivity index (χ4v) is 5.12. The molecule has 1 aromatic heterocycles. The highest BCUT2D eigenvalue weighted by Crippen LogP contribution is 2.48. The molecule has 7 heteroatoms. The van der Waals surface area contributed by atoms with Crippen LogP contribution in [0.4, 0.5) is 11.4 Å².